The molecule has 3 heteroatoms. The van der Waals surface area contributed by atoms with Gasteiger partial charge in [0.25, 0.3) is 0 Å². The second-order valence-corrected chi connectivity index (χ2v) is 10.0. The molecule has 2 aromatic rings. The van der Waals surface area contributed by atoms with Gasteiger partial charge >= 0.3 is 5.97 Å². The molecule has 1 spiro atoms. The number of hydrogen-bond acceptors (Lipinski definition) is 3. The summed E-state index contributed by atoms with van der Waals surface area (Å²) in [5, 5.41) is 0. The molecule has 2 aromatic carbocycles. The van der Waals surface area contributed by atoms with E-state index in [9.17, 15) is 4.79 Å². The predicted molar refractivity (Wildman–Crippen MR) is 117 cm³/mol. The van der Waals surface area contributed by atoms with Gasteiger partial charge < -0.3 is 4.74 Å². The number of ether oxygens (including phenoxy) is 1. The van der Waals surface area contributed by atoms with Gasteiger partial charge in [0, 0.05) is 24.5 Å². The van der Waals surface area contributed by atoms with E-state index in [0.29, 0.717) is 24.5 Å². The molecule has 3 fully saturated rings. The van der Waals surface area contributed by atoms with E-state index in [1.807, 2.05) is 6.92 Å². The first-order valence-electron chi connectivity index (χ1n) is 11.7. The van der Waals surface area contributed by atoms with Crippen LogP contribution in [0.2, 0.25) is 0 Å². The van der Waals surface area contributed by atoms with E-state index in [4.69, 9.17) is 4.74 Å². The minimum absolute atomic E-state index is 0.0457. The number of rotatable bonds is 3. The smallest absolute Gasteiger partial charge is 0.309 e. The SMILES string of the molecule is CCOC(=O)C1C2CN(C3CCC4(Cc5ccccc5Cc5ccccc54)C3)CC21. The standard InChI is InChI=1S/C27H31NO2/c1-2-30-26(29)25-22-16-28(17-23(22)25)21-11-12-27(15-21)14-20-9-4-3-7-18(20)13-19-8-5-6-10-24(19)27/h3-10,21-23,25H,2,11-17H2,1H3. The topological polar surface area (TPSA) is 29.5 Å². The molecule has 3 nitrogen and oxygen atoms in total. The lowest BCUT2D eigenvalue weighted by Crippen LogP contribution is -2.37. The van der Waals surface area contributed by atoms with Crippen molar-refractivity contribution in [3.05, 3.63) is 70.8 Å². The number of carbonyl (C=O) groups excluding carboxylic acids is 1. The van der Waals surface area contributed by atoms with E-state index in [0.717, 1.165) is 19.5 Å². The maximum absolute atomic E-state index is 12.1. The Morgan fingerprint density at radius 1 is 1.03 bits per heavy atom. The zero-order valence-electron chi connectivity index (χ0n) is 17.8. The lowest BCUT2D eigenvalue weighted by molar-refractivity contribution is -0.145. The third-order valence-corrected chi connectivity index (χ3v) is 8.50. The predicted octanol–water partition coefficient (Wildman–Crippen LogP) is 4.36. The van der Waals surface area contributed by atoms with Crippen LogP contribution in [0, 0.1) is 17.8 Å². The Labute approximate surface area is 179 Å². The van der Waals surface area contributed by atoms with E-state index >= 15 is 0 Å². The fourth-order valence-electron chi connectivity index (χ4n) is 7.02. The van der Waals surface area contributed by atoms with Crippen molar-refractivity contribution in [3.63, 3.8) is 0 Å². The van der Waals surface area contributed by atoms with Gasteiger partial charge in [-0.15, -0.1) is 0 Å². The highest BCUT2D eigenvalue weighted by atomic mass is 16.5. The van der Waals surface area contributed by atoms with Gasteiger partial charge in [-0.2, -0.15) is 0 Å². The summed E-state index contributed by atoms with van der Waals surface area (Å²) in [5.74, 6) is 1.32. The molecule has 3 aliphatic carbocycles. The zero-order chi connectivity index (χ0) is 20.3. The molecule has 1 aliphatic heterocycles. The first-order valence-corrected chi connectivity index (χ1v) is 11.7. The van der Waals surface area contributed by atoms with Crippen molar-refractivity contribution < 1.29 is 9.53 Å². The molecule has 0 amide bonds. The molecular formula is C27H31NO2. The minimum atomic E-state index is 0.0457. The van der Waals surface area contributed by atoms with Crippen LogP contribution in [0.25, 0.3) is 0 Å². The van der Waals surface area contributed by atoms with E-state index < -0.39 is 0 Å². The Morgan fingerprint density at radius 3 is 2.50 bits per heavy atom. The number of nitrogens with zero attached hydrogens (tertiary/aromatic N) is 1. The maximum atomic E-state index is 12.1. The minimum Gasteiger partial charge on any atom is -0.466 e. The van der Waals surface area contributed by atoms with Crippen LogP contribution in [0.3, 0.4) is 0 Å². The summed E-state index contributed by atoms with van der Waals surface area (Å²) in [6.45, 7) is 4.59. The number of esters is 1. The Bertz CT molecular complexity index is 972. The molecule has 4 unspecified atom stereocenters. The molecule has 6 rings (SSSR count). The molecule has 4 aliphatic rings. The molecule has 0 bridgehead atoms. The lowest BCUT2D eigenvalue weighted by atomic mass is 9.73. The summed E-state index contributed by atoms with van der Waals surface area (Å²) in [4.78, 5) is 14.8. The van der Waals surface area contributed by atoms with Gasteiger partial charge in [0.15, 0.2) is 0 Å². The Morgan fingerprint density at radius 2 is 1.73 bits per heavy atom. The van der Waals surface area contributed by atoms with Crippen LogP contribution in [0.15, 0.2) is 48.5 Å². The number of carbonyl (C=O) groups is 1. The van der Waals surface area contributed by atoms with Gasteiger partial charge in [0.1, 0.15) is 0 Å². The van der Waals surface area contributed by atoms with E-state index in [2.05, 4.69) is 53.4 Å². The molecular weight excluding hydrogens is 370 g/mol. The molecule has 0 aromatic heterocycles. The highest BCUT2D eigenvalue weighted by Crippen LogP contribution is 2.55. The Balaban J connectivity index is 1.23. The number of benzene rings is 2. The molecule has 30 heavy (non-hydrogen) atoms. The van der Waals surface area contributed by atoms with Gasteiger partial charge in [-0.1, -0.05) is 48.5 Å². The summed E-state index contributed by atoms with van der Waals surface area (Å²) in [5.41, 5.74) is 6.43. The lowest BCUT2D eigenvalue weighted by Gasteiger charge is -2.33. The summed E-state index contributed by atoms with van der Waals surface area (Å²) in [6.07, 6.45) is 6.04. The van der Waals surface area contributed by atoms with Crippen LogP contribution in [-0.2, 0) is 27.8 Å². The molecule has 156 valence electrons. The molecule has 4 atom stereocenters. The summed E-state index contributed by atoms with van der Waals surface area (Å²) >= 11 is 0. The highest BCUT2D eigenvalue weighted by molar-refractivity contribution is 5.77. The van der Waals surface area contributed by atoms with Crippen molar-refractivity contribution in [2.45, 2.75) is 50.5 Å². The van der Waals surface area contributed by atoms with Gasteiger partial charge in [0.05, 0.1) is 12.5 Å². The fourth-order valence-corrected chi connectivity index (χ4v) is 7.02. The van der Waals surface area contributed by atoms with Crippen molar-refractivity contribution in [1.82, 2.24) is 4.90 Å². The first-order chi connectivity index (χ1) is 14.7. The molecule has 1 saturated heterocycles. The number of likely N-dealkylation sites (tertiary alicyclic amines) is 1. The number of piperidine rings is 1. The molecule has 0 radical (unpaired) electrons. The van der Waals surface area contributed by atoms with Crippen LogP contribution in [-0.4, -0.2) is 36.6 Å². The van der Waals surface area contributed by atoms with Gasteiger partial charge in [-0.25, -0.2) is 0 Å². The second kappa shape index (κ2) is 6.95. The monoisotopic (exact) mass is 401 g/mol. The third-order valence-electron chi connectivity index (χ3n) is 8.50. The van der Waals surface area contributed by atoms with Gasteiger partial charge in [-0.3, -0.25) is 9.69 Å². The highest BCUT2D eigenvalue weighted by Gasteiger charge is 2.61. The maximum Gasteiger partial charge on any atom is 0.309 e. The van der Waals surface area contributed by atoms with E-state index in [1.54, 1.807) is 11.1 Å². The second-order valence-electron chi connectivity index (χ2n) is 10.0. The summed E-state index contributed by atoms with van der Waals surface area (Å²) < 4.78 is 5.28. The van der Waals surface area contributed by atoms with E-state index in [-0.39, 0.29) is 17.3 Å². The number of fused-ring (bicyclic) bond motifs is 4. The van der Waals surface area contributed by atoms with Crippen LogP contribution in [0.5, 0.6) is 0 Å². The van der Waals surface area contributed by atoms with Crippen LogP contribution < -0.4 is 0 Å². The molecule has 2 saturated carbocycles. The Hall–Kier alpha value is -2.13. The van der Waals surface area contributed by atoms with Crippen molar-refractivity contribution in [2.24, 2.45) is 17.8 Å². The van der Waals surface area contributed by atoms with Crippen molar-refractivity contribution in [1.29, 1.82) is 0 Å². The average molecular weight is 402 g/mol. The quantitative estimate of drug-likeness (QED) is 0.716. The van der Waals surface area contributed by atoms with Crippen LogP contribution in [0.4, 0.5) is 0 Å². The number of hydrogen-bond donors (Lipinski definition) is 0. The summed E-state index contributed by atoms with van der Waals surface area (Å²) in [7, 11) is 0. The fraction of sp³-hybridized carbons (Fsp3) is 0.519. The molecule has 1 heterocycles. The first kappa shape index (κ1) is 18.6. The van der Waals surface area contributed by atoms with Crippen molar-refractivity contribution >= 4 is 5.97 Å². The molecule has 0 N–H and O–H groups in total. The summed E-state index contributed by atoms with van der Waals surface area (Å²) in [6, 6.07) is 18.9. The van der Waals surface area contributed by atoms with Gasteiger partial charge in [-0.05, 0) is 73.1 Å². The normalized spacial score (nSPS) is 34.2. The average Bonchev–Trinajstić information content (AvgIpc) is 3.07. The Kier molecular flexibility index (Phi) is 4.31. The largest absolute Gasteiger partial charge is 0.466 e. The van der Waals surface area contributed by atoms with Crippen LogP contribution >= 0.6 is 0 Å². The van der Waals surface area contributed by atoms with E-state index in [1.165, 1.54) is 36.8 Å². The van der Waals surface area contributed by atoms with Crippen molar-refractivity contribution in [2.75, 3.05) is 19.7 Å². The zero-order valence-corrected chi connectivity index (χ0v) is 17.8. The third kappa shape index (κ3) is 2.85. The van der Waals surface area contributed by atoms with Crippen molar-refractivity contribution in [3.8, 4) is 0 Å². The van der Waals surface area contributed by atoms with Crippen LogP contribution in [0.1, 0.15) is 48.4 Å². The van der Waals surface area contributed by atoms with Gasteiger partial charge in [0.2, 0.25) is 0 Å².